The molecule has 1 heterocycles. The van der Waals surface area contributed by atoms with Gasteiger partial charge in [0.25, 0.3) is 0 Å². The third-order valence-electron chi connectivity index (χ3n) is 3.98. The molecule has 22 heavy (non-hydrogen) atoms. The van der Waals surface area contributed by atoms with E-state index >= 15 is 0 Å². The summed E-state index contributed by atoms with van der Waals surface area (Å²) in [4.78, 5) is 17.0. The van der Waals surface area contributed by atoms with Crippen molar-refractivity contribution in [1.29, 1.82) is 0 Å². The van der Waals surface area contributed by atoms with E-state index in [4.69, 9.17) is 4.74 Å². The number of likely N-dealkylation sites (N-methyl/N-ethyl adjacent to an activating group) is 1. The molecule has 122 valence electrons. The lowest BCUT2D eigenvalue weighted by atomic mass is 10.1. The zero-order valence-corrected chi connectivity index (χ0v) is 14.0. The van der Waals surface area contributed by atoms with Crippen molar-refractivity contribution in [2.75, 3.05) is 52.7 Å². The Balaban J connectivity index is 1.97. The summed E-state index contributed by atoms with van der Waals surface area (Å²) in [6, 6.07) is 7.18. The van der Waals surface area contributed by atoms with Crippen molar-refractivity contribution in [1.82, 2.24) is 9.80 Å². The minimum atomic E-state index is -0.804. The Morgan fingerprint density at radius 1 is 1.36 bits per heavy atom. The zero-order chi connectivity index (χ0) is 15.9. The normalized spacial score (nSPS) is 17.6. The predicted molar refractivity (Wildman–Crippen MR) is 88.5 cm³/mol. The van der Waals surface area contributed by atoms with E-state index in [0.29, 0.717) is 0 Å². The molecule has 1 saturated heterocycles. The van der Waals surface area contributed by atoms with Gasteiger partial charge in [-0.15, -0.1) is 11.8 Å². The first kappa shape index (κ1) is 17.3. The van der Waals surface area contributed by atoms with E-state index in [-0.39, 0.29) is 0 Å². The van der Waals surface area contributed by atoms with Gasteiger partial charge in [0.1, 0.15) is 6.04 Å². The number of morpholine rings is 1. The average Bonchev–Trinajstić information content (AvgIpc) is 2.54. The van der Waals surface area contributed by atoms with Crippen molar-refractivity contribution < 1.29 is 14.6 Å². The Labute approximate surface area is 136 Å². The minimum absolute atomic E-state index is 0.600. The fraction of sp³-hybridized carbons (Fsp3) is 0.562. The van der Waals surface area contributed by atoms with Crippen molar-refractivity contribution in [3.63, 3.8) is 0 Å². The fourth-order valence-electron chi connectivity index (χ4n) is 2.62. The van der Waals surface area contributed by atoms with Crippen LogP contribution in [0.25, 0.3) is 0 Å². The summed E-state index contributed by atoms with van der Waals surface area (Å²) in [6.07, 6.45) is 2.01. The maximum atomic E-state index is 11.7. The van der Waals surface area contributed by atoms with E-state index in [2.05, 4.69) is 4.90 Å². The Morgan fingerprint density at radius 2 is 2.00 bits per heavy atom. The summed E-state index contributed by atoms with van der Waals surface area (Å²) in [5.74, 6) is -0.804. The van der Waals surface area contributed by atoms with E-state index in [9.17, 15) is 9.90 Å². The van der Waals surface area contributed by atoms with Crippen LogP contribution in [0.1, 0.15) is 11.6 Å². The van der Waals surface area contributed by atoms with Gasteiger partial charge in [0.15, 0.2) is 0 Å². The van der Waals surface area contributed by atoms with Crippen LogP contribution in [-0.2, 0) is 9.53 Å². The van der Waals surface area contributed by atoms with Crippen molar-refractivity contribution in [3.8, 4) is 0 Å². The van der Waals surface area contributed by atoms with Crippen molar-refractivity contribution in [2.45, 2.75) is 10.9 Å². The predicted octanol–water partition coefficient (Wildman–Crippen LogP) is 1.80. The van der Waals surface area contributed by atoms with Gasteiger partial charge in [0.05, 0.1) is 13.2 Å². The molecule has 1 aromatic carbocycles. The van der Waals surface area contributed by atoms with Crippen molar-refractivity contribution >= 4 is 17.7 Å². The Hall–Kier alpha value is -1.08. The summed E-state index contributed by atoms with van der Waals surface area (Å²) < 4.78 is 5.33. The number of carboxylic acids is 1. The van der Waals surface area contributed by atoms with Gasteiger partial charge in [-0.3, -0.25) is 14.6 Å². The standard InChI is InChI=1S/C16H24N2O3S/c1-17(7-8-18-9-11-21-12-10-18)15(16(19)20)13-3-5-14(22-2)6-4-13/h3-6,15H,7-12H2,1-2H3,(H,19,20)/t15-/m1/s1. The van der Waals surface area contributed by atoms with Crippen LogP contribution in [0.15, 0.2) is 29.2 Å². The second kappa shape index (κ2) is 8.53. The highest BCUT2D eigenvalue weighted by atomic mass is 32.2. The highest BCUT2D eigenvalue weighted by molar-refractivity contribution is 7.98. The lowest BCUT2D eigenvalue weighted by Gasteiger charge is -2.30. The minimum Gasteiger partial charge on any atom is -0.480 e. The molecule has 6 heteroatoms. The van der Waals surface area contributed by atoms with Crippen LogP contribution in [0.4, 0.5) is 0 Å². The SMILES string of the molecule is CSc1ccc([C@H](C(=O)O)N(C)CCN2CCOCC2)cc1. The second-order valence-corrected chi connectivity index (χ2v) is 6.33. The molecule has 5 nitrogen and oxygen atoms in total. The number of hydrogen-bond donors (Lipinski definition) is 1. The average molecular weight is 324 g/mol. The number of thioether (sulfide) groups is 1. The van der Waals surface area contributed by atoms with Crippen LogP contribution in [0, 0.1) is 0 Å². The number of ether oxygens (including phenoxy) is 1. The molecule has 1 aliphatic rings. The van der Waals surface area contributed by atoms with Crippen LogP contribution in [-0.4, -0.2) is 73.6 Å². The lowest BCUT2D eigenvalue weighted by molar-refractivity contribution is -0.143. The van der Waals surface area contributed by atoms with Gasteiger partial charge < -0.3 is 9.84 Å². The summed E-state index contributed by atoms with van der Waals surface area (Å²) in [5.41, 5.74) is 0.828. The molecule has 0 amide bonds. The summed E-state index contributed by atoms with van der Waals surface area (Å²) in [7, 11) is 1.88. The van der Waals surface area contributed by atoms with Gasteiger partial charge in [0.2, 0.25) is 0 Å². The zero-order valence-electron chi connectivity index (χ0n) is 13.2. The van der Waals surface area contributed by atoms with Gasteiger partial charge >= 0.3 is 5.97 Å². The van der Waals surface area contributed by atoms with Gasteiger partial charge in [-0.05, 0) is 31.0 Å². The van der Waals surface area contributed by atoms with Crippen molar-refractivity contribution in [3.05, 3.63) is 29.8 Å². The van der Waals surface area contributed by atoms with E-state index < -0.39 is 12.0 Å². The molecule has 1 aliphatic heterocycles. The van der Waals surface area contributed by atoms with Gasteiger partial charge in [-0.2, -0.15) is 0 Å². The second-order valence-electron chi connectivity index (χ2n) is 5.45. The summed E-state index contributed by atoms with van der Waals surface area (Å²) in [6.45, 7) is 4.97. The summed E-state index contributed by atoms with van der Waals surface area (Å²) >= 11 is 1.66. The molecule has 2 rings (SSSR count). The Bertz CT molecular complexity index is 475. The maximum Gasteiger partial charge on any atom is 0.325 e. The first-order valence-corrected chi connectivity index (χ1v) is 8.71. The van der Waals surface area contributed by atoms with Crippen LogP contribution in [0.3, 0.4) is 0 Å². The Morgan fingerprint density at radius 3 is 2.55 bits per heavy atom. The van der Waals surface area contributed by atoms with Crippen LogP contribution in [0.5, 0.6) is 0 Å². The molecule has 1 atom stereocenters. The molecule has 0 spiro atoms. The third kappa shape index (κ3) is 4.71. The monoisotopic (exact) mass is 324 g/mol. The molecule has 1 aromatic rings. The molecule has 0 aliphatic carbocycles. The number of benzene rings is 1. The van der Waals surface area contributed by atoms with Crippen LogP contribution >= 0.6 is 11.8 Å². The van der Waals surface area contributed by atoms with E-state index in [0.717, 1.165) is 49.9 Å². The van der Waals surface area contributed by atoms with Crippen LogP contribution < -0.4 is 0 Å². The highest BCUT2D eigenvalue weighted by Gasteiger charge is 2.25. The summed E-state index contributed by atoms with van der Waals surface area (Å²) in [5, 5.41) is 9.58. The fourth-order valence-corrected chi connectivity index (χ4v) is 3.03. The number of nitrogens with zero attached hydrogens (tertiary/aromatic N) is 2. The van der Waals surface area contributed by atoms with E-state index in [1.165, 1.54) is 0 Å². The largest absolute Gasteiger partial charge is 0.480 e. The molecule has 1 N–H and O–H groups in total. The quantitative estimate of drug-likeness (QED) is 0.772. The first-order chi connectivity index (χ1) is 10.6. The smallest absolute Gasteiger partial charge is 0.325 e. The maximum absolute atomic E-state index is 11.7. The molecule has 0 unspecified atom stereocenters. The van der Waals surface area contributed by atoms with Gasteiger partial charge in [-0.1, -0.05) is 12.1 Å². The molecule has 0 aromatic heterocycles. The van der Waals surface area contributed by atoms with Crippen molar-refractivity contribution in [2.24, 2.45) is 0 Å². The first-order valence-electron chi connectivity index (χ1n) is 7.49. The van der Waals surface area contributed by atoms with Gasteiger partial charge in [-0.25, -0.2) is 0 Å². The molecular formula is C16H24N2O3S. The lowest BCUT2D eigenvalue weighted by Crippen LogP contribution is -2.42. The molecule has 0 radical (unpaired) electrons. The molecule has 0 saturated carbocycles. The number of rotatable bonds is 7. The number of aliphatic carboxylic acids is 1. The molecular weight excluding hydrogens is 300 g/mol. The van der Waals surface area contributed by atoms with Crippen LogP contribution in [0.2, 0.25) is 0 Å². The van der Waals surface area contributed by atoms with Gasteiger partial charge in [0, 0.05) is 31.1 Å². The number of carbonyl (C=O) groups is 1. The van der Waals surface area contributed by atoms with E-state index in [1.807, 2.05) is 42.5 Å². The van der Waals surface area contributed by atoms with E-state index in [1.54, 1.807) is 11.8 Å². The highest BCUT2D eigenvalue weighted by Crippen LogP contribution is 2.23. The topological polar surface area (TPSA) is 53.0 Å². The number of carboxylic acid groups (broad SMARTS) is 1. The number of hydrogen-bond acceptors (Lipinski definition) is 5. The third-order valence-corrected chi connectivity index (χ3v) is 4.72. The molecule has 0 bridgehead atoms. The molecule has 1 fully saturated rings. The Kier molecular flexibility index (Phi) is 6.70.